The third kappa shape index (κ3) is 6.46. The summed E-state index contributed by atoms with van der Waals surface area (Å²) in [6, 6.07) is 15.2. The van der Waals surface area contributed by atoms with Crippen LogP contribution < -0.4 is 22.1 Å². The lowest BCUT2D eigenvalue weighted by atomic mass is 9.81. The molecule has 204 valence electrons. The topological polar surface area (TPSA) is 168 Å². The molecule has 2 amide bonds. The van der Waals surface area contributed by atoms with Gasteiger partial charge in [-0.25, -0.2) is 4.98 Å². The van der Waals surface area contributed by atoms with Crippen molar-refractivity contribution in [1.29, 1.82) is 0 Å². The van der Waals surface area contributed by atoms with E-state index in [0.717, 1.165) is 53.4 Å². The summed E-state index contributed by atoms with van der Waals surface area (Å²) in [6.45, 7) is 1.13. The normalized spacial score (nSPS) is 18.1. The lowest BCUT2D eigenvalue weighted by Gasteiger charge is -2.28. The smallest absolute Gasteiger partial charge is 0.223 e. The number of nitrogens with two attached hydrogens (primary N) is 2. The van der Waals surface area contributed by atoms with Gasteiger partial charge in [0, 0.05) is 29.8 Å². The van der Waals surface area contributed by atoms with Crippen molar-refractivity contribution < 1.29 is 9.59 Å². The molecular formula is C29H36N8O2. The predicted octanol–water partition coefficient (Wildman–Crippen LogP) is 3.55. The Hall–Kier alpha value is -4.18. The van der Waals surface area contributed by atoms with Gasteiger partial charge in [-0.2, -0.15) is 5.10 Å². The first kappa shape index (κ1) is 26.4. The molecule has 39 heavy (non-hydrogen) atoms. The molecule has 1 atom stereocenters. The number of hydrogen-bond donors (Lipinski definition) is 6. The van der Waals surface area contributed by atoms with Gasteiger partial charge in [0.1, 0.15) is 5.82 Å². The number of rotatable bonds is 10. The van der Waals surface area contributed by atoms with E-state index < -0.39 is 6.04 Å². The van der Waals surface area contributed by atoms with Crippen molar-refractivity contribution in [1.82, 2.24) is 30.8 Å². The first-order chi connectivity index (χ1) is 19.0. The lowest BCUT2D eigenvalue weighted by molar-refractivity contribution is -0.127. The minimum absolute atomic E-state index is 0.00692. The predicted molar refractivity (Wildman–Crippen MR) is 151 cm³/mol. The zero-order valence-electron chi connectivity index (χ0n) is 22.0. The van der Waals surface area contributed by atoms with Crippen LogP contribution in [0.2, 0.25) is 0 Å². The molecule has 0 bridgehead atoms. The van der Waals surface area contributed by atoms with Crippen LogP contribution in [0.15, 0.2) is 54.7 Å². The number of amides is 2. The minimum Gasteiger partial charge on any atom is -0.382 e. The van der Waals surface area contributed by atoms with Crippen LogP contribution in [0.5, 0.6) is 0 Å². The van der Waals surface area contributed by atoms with Gasteiger partial charge in [-0.05, 0) is 62.3 Å². The first-order valence-electron chi connectivity index (χ1n) is 13.6. The van der Waals surface area contributed by atoms with Crippen molar-refractivity contribution in [2.24, 2.45) is 17.6 Å². The fraction of sp³-hybridized carbons (Fsp3) is 0.379. The van der Waals surface area contributed by atoms with Crippen molar-refractivity contribution in [3.63, 3.8) is 0 Å². The highest BCUT2D eigenvalue weighted by molar-refractivity contribution is 5.91. The second-order valence-electron chi connectivity index (χ2n) is 10.4. The van der Waals surface area contributed by atoms with Gasteiger partial charge in [0.05, 0.1) is 23.4 Å². The molecule has 4 aromatic rings. The number of carbonyl (C=O) groups is 2. The lowest BCUT2D eigenvalue weighted by Crippen LogP contribution is -2.37. The summed E-state index contributed by atoms with van der Waals surface area (Å²) in [5, 5.41) is 14.0. The van der Waals surface area contributed by atoms with Gasteiger partial charge >= 0.3 is 0 Å². The standard InChI is InChI=1S/C29H36N8O2/c30-15-18-6-8-20(9-7-18)29(39)35-23(12-13-26(38)32-16-19-4-2-1-3-5-19)28-33-17-25(34-28)21-10-11-22-24(14-21)36-37-27(22)31/h1-5,10-11,14,17-18,20,23H,6-9,12-13,15-16,30H2,(H,32,38)(H,33,34)(H,35,39)(H3,31,36,37)/t18?,20?,23-/m0/s1. The number of aromatic nitrogens is 4. The number of imidazole rings is 1. The van der Waals surface area contributed by atoms with Crippen LogP contribution in [0.25, 0.3) is 22.2 Å². The van der Waals surface area contributed by atoms with Crippen LogP contribution in [-0.2, 0) is 16.1 Å². The number of carbonyl (C=O) groups excluding carboxylic acids is 2. The monoisotopic (exact) mass is 528 g/mol. The summed E-state index contributed by atoms with van der Waals surface area (Å²) in [6.07, 6.45) is 6.01. The Labute approximate surface area is 227 Å². The second kappa shape index (κ2) is 12.1. The van der Waals surface area contributed by atoms with Crippen molar-refractivity contribution in [2.45, 2.75) is 51.1 Å². The number of hydrogen-bond acceptors (Lipinski definition) is 6. The van der Waals surface area contributed by atoms with Gasteiger partial charge < -0.3 is 27.1 Å². The average Bonchev–Trinajstić information content (AvgIpc) is 3.61. The van der Waals surface area contributed by atoms with Gasteiger partial charge in [0.15, 0.2) is 5.82 Å². The Morgan fingerprint density at radius 3 is 2.64 bits per heavy atom. The zero-order valence-corrected chi connectivity index (χ0v) is 22.0. The van der Waals surface area contributed by atoms with Gasteiger partial charge in [-0.1, -0.05) is 36.4 Å². The number of anilines is 1. The maximum absolute atomic E-state index is 13.3. The van der Waals surface area contributed by atoms with E-state index in [1.54, 1.807) is 6.20 Å². The molecule has 0 saturated heterocycles. The van der Waals surface area contributed by atoms with Gasteiger partial charge in [0.2, 0.25) is 11.8 Å². The molecule has 0 radical (unpaired) electrons. The number of benzene rings is 2. The Balaban J connectivity index is 1.28. The Kier molecular flexibility index (Phi) is 8.21. The molecule has 2 aromatic heterocycles. The maximum atomic E-state index is 13.3. The van der Waals surface area contributed by atoms with Crippen LogP contribution >= 0.6 is 0 Å². The van der Waals surface area contributed by atoms with E-state index in [4.69, 9.17) is 11.5 Å². The summed E-state index contributed by atoms with van der Waals surface area (Å²) < 4.78 is 0. The number of nitrogens with zero attached hydrogens (tertiary/aromatic N) is 2. The third-order valence-electron chi connectivity index (χ3n) is 7.69. The van der Waals surface area contributed by atoms with E-state index in [0.29, 0.717) is 37.1 Å². The number of fused-ring (bicyclic) bond motifs is 1. The van der Waals surface area contributed by atoms with E-state index in [-0.39, 0.29) is 24.2 Å². The largest absolute Gasteiger partial charge is 0.382 e. The molecule has 0 aliphatic heterocycles. The molecule has 8 N–H and O–H groups in total. The molecule has 1 aliphatic carbocycles. The van der Waals surface area contributed by atoms with E-state index in [2.05, 4.69) is 30.8 Å². The fourth-order valence-electron chi connectivity index (χ4n) is 5.26. The SMILES string of the molecule is NCC1CCC(C(=O)N[C@@H](CCC(=O)NCc2ccccc2)c2ncc(-c3ccc4c(N)n[nH]c4c3)[nH]2)CC1. The molecule has 10 heteroatoms. The van der Waals surface area contributed by atoms with E-state index >= 15 is 0 Å². The van der Waals surface area contributed by atoms with Crippen molar-refractivity contribution in [3.05, 3.63) is 66.1 Å². The number of aromatic amines is 2. The molecule has 2 aromatic carbocycles. The molecule has 0 spiro atoms. The van der Waals surface area contributed by atoms with Crippen molar-refractivity contribution in [3.8, 4) is 11.3 Å². The summed E-state index contributed by atoms with van der Waals surface area (Å²) in [4.78, 5) is 33.9. The second-order valence-corrected chi connectivity index (χ2v) is 10.4. The minimum atomic E-state index is -0.424. The van der Waals surface area contributed by atoms with Crippen LogP contribution in [0.3, 0.4) is 0 Å². The molecule has 1 saturated carbocycles. The average molecular weight is 529 g/mol. The highest BCUT2D eigenvalue weighted by atomic mass is 16.2. The van der Waals surface area contributed by atoms with Gasteiger partial charge in [-0.15, -0.1) is 0 Å². The van der Waals surface area contributed by atoms with Gasteiger partial charge in [0.25, 0.3) is 0 Å². The molecular weight excluding hydrogens is 492 g/mol. The van der Waals surface area contributed by atoms with E-state index in [9.17, 15) is 9.59 Å². The first-order valence-corrected chi connectivity index (χ1v) is 13.6. The molecule has 10 nitrogen and oxygen atoms in total. The van der Waals surface area contributed by atoms with E-state index in [1.807, 2.05) is 48.5 Å². The zero-order chi connectivity index (χ0) is 27.2. The molecule has 0 unspecified atom stereocenters. The molecule has 2 heterocycles. The quantitative estimate of drug-likeness (QED) is 0.184. The number of nitrogen functional groups attached to an aromatic ring is 1. The Morgan fingerprint density at radius 2 is 1.87 bits per heavy atom. The highest BCUT2D eigenvalue weighted by Gasteiger charge is 2.28. The molecule has 1 aliphatic rings. The van der Waals surface area contributed by atoms with Crippen LogP contribution in [0.4, 0.5) is 5.82 Å². The van der Waals surface area contributed by atoms with Crippen LogP contribution in [-0.4, -0.2) is 38.5 Å². The summed E-state index contributed by atoms with van der Waals surface area (Å²) >= 11 is 0. The maximum Gasteiger partial charge on any atom is 0.223 e. The summed E-state index contributed by atoms with van der Waals surface area (Å²) in [5.74, 6) is 1.45. The van der Waals surface area contributed by atoms with Crippen LogP contribution in [0, 0.1) is 11.8 Å². The Bertz CT molecular complexity index is 1410. The van der Waals surface area contributed by atoms with Crippen LogP contribution in [0.1, 0.15) is 56.0 Å². The third-order valence-corrected chi connectivity index (χ3v) is 7.69. The van der Waals surface area contributed by atoms with Crippen molar-refractivity contribution >= 4 is 28.5 Å². The molecule has 1 fully saturated rings. The number of nitrogens with one attached hydrogen (secondary N) is 4. The highest BCUT2D eigenvalue weighted by Crippen LogP contribution is 2.30. The summed E-state index contributed by atoms with van der Waals surface area (Å²) in [7, 11) is 0. The van der Waals surface area contributed by atoms with E-state index in [1.165, 1.54) is 0 Å². The van der Waals surface area contributed by atoms with Crippen molar-refractivity contribution in [2.75, 3.05) is 12.3 Å². The van der Waals surface area contributed by atoms with Gasteiger partial charge in [-0.3, -0.25) is 14.7 Å². The number of H-pyrrole nitrogens is 2. The Morgan fingerprint density at radius 1 is 1.08 bits per heavy atom. The summed E-state index contributed by atoms with van der Waals surface area (Å²) in [5.41, 5.74) is 15.3. The fourth-order valence-corrected chi connectivity index (χ4v) is 5.26. The molecule has 5 rings (SSSR count).